The van der Waals surface area contributed by atoms with E-state index in [2.05, 4.69) is 20.9 Å². The lowest BCUT2D eigenvalue weighted by atomic mass is 10.0. The van der Waals surface area contributed by atoms with Crippen molar-refractivity contribution in [3.05, 3.63) is 65.7 Å². The molecular weight excluding hydrogens is 568 g/mol. The number of benzene rings is 2. The summed E-state index contributed by atoms with van der Waals surface area (Å²) in [6, 6.07) is 10.4. The summed E-state index contributed by atoms with van der Waals surface area (Å²) in [6.07, 6.45) is 2.19. The summed E-state index contributed by atoms with van der Waals surface area (Å²) < 4.78 is 0. The molecule has 4 atom stereocenters. The van der Waals surface area contributed by atoms with E-state index < -0.39 is 47.9 Å². The molecule has 0 bridgehead atoms. The molecule has 4 unspecified atom stereocenters. The van der Waals surface area contributed by atoms with Crippen molar-refractivity contribution in [2.75, 3.05) is 13.1 Å². The quantitative estimate of drug-likeness (QED) is 0.0543. The molecule has 240 valence electrons. The van der Waals surface area contributed by atoms with E-state index >= 15 is 0 Å². The predicted molar refractivity (Wildman–Crippen MR) is 166 cm³/mol. The SMILES string of the molecule is NCCCCC(N)C(=O)NC(CCCN=C(N)N)C(=O)NC(Cc1ccccc1)C(=O)NC(Cc1ccc(O)cc1)C(=O)O. The number of carbonyl (C=O) groups is 4. The maximum atomic E-state index is 13.5. The number of unbranched alkanes of at least 4 members (excludes halogenated alkanes) is 1. The molecule has 0 aromatic heterocycles. The second kappa shape index (κ2) is 18.8. The van der Waals surface area contributed by atoms with E-state index in [4.69, 9.17) is 22.9 Å². The number of nitrogens with two attached hydrogens (primary N) is 4. The second-order valence-electron chi connectivity index (χ2n) is 10.4. The highest BCUT2D eigenvalue weighted by molar-refractivity contribution is 5.94. The lowest BCUT2D eigenvalue weighted by Gasteiger charge is -2.25. The molecule has 14 heteroatoms. The van der Waals surface area contributed by atoms with Crippen molar-refractivity contribution in [2.24, 2.45) is 27.9 Å². The van der Waals surface area contributed by atoms with Crippen molar-refractivity contribution in [3.63, 3.8) is 0 Å². The number of carbonyl (C=O) groups excluding carboxylic acids is 3. The lowest BCUT2D eigenvalue weighted by molar-refractivity contribution is -0.142. The summed E-state index contributed by atoms with van der Waals surface area (Å²) in [6.45, 7) is 0.669. The van der Waals surface area contributed by atoms with E-state index in [9.17, 15) is 29.4 Å². The Morgan fingerprint density at radius 3 is 1.91 bits per heavy atom. The summed E-state index contributed by atoms with van der Waals surface area (Å²) in [5.41, 5.74) is 23.6. The van der Waals surface area contributed by atoms with Gasteiger partial charge in [-0.25, -0.2) is 4.79 Å². The zero-order valence-electron chi connectivity index (χ0n) is 24.7. The minimum Gasteiger partial charge on any atom is -0.508 e. The molecule has 13 N–H and O–H groups in total. The fraction of sp³-hybridized carbons (Fsp3) is 0.433. The van der Waals surface area contributed by atoms with Gasteiger partial charge in [-0.05, 0) is 55.5 Å². The molecule has 14 nitrogen and oxygen atoms in total. The van der Waals surface area contributed by atoms with Crippen LogP contribution in [0.1, 0.15) is 43.2 Å². The number of hydrogen-bond donors (Lipinski definition) is 9. The first-order valence-electron chi connectivity index (χ1n) is 14.5. The Morgan fingerprint density at radius 1 is 0.727 bits per heavy atom. The Kier molecular flexibility index (Phi) is 15.1. The van der Waals surface area contributed by atoms with Crippen LogP contribution in [0.3, 0.4) is 0 Å². The smallest absolute Gasteiger partial charge is 0.326 e. The number of rotatable bonds is 19. The topological polar surface area (TPSA) is 261 Å². The number of phenols is 1. The number of nitrogens with one attached hydrogen (secondary N) is 3. The average Bonchev–Trinajstić information content (AvgIpc) is 2.99. The third-order valence-electron chi connectivity index (χ3n) is 6.79. The van der Waals surface area contributed by atoms with Crippen LogP contribution in [0.2, 0.25) is 0 Å². The number of aliphatic carboxylic acids is 1. The van der Waals surface area contributed by atoms with Crippen LogP contribution in [0, 0.1) is 0 Å². The molecule has 0 radical (unpaired) electrons. The molecule has 0 saturated heterocycles. The maximum absolute atomic E-state index is 13.5. The number of hydrogen-bond acceptors (Lipinski definition) is 8. The molecule has 0 aliphatic rings. The monoisotopic (exact) mass is 612 g/mol. The predicted octanol–water partition coefficient (Wildman–Crippen LogP) is -0.774. The number of aromatic hydroxyl groups is 1. The third-order valence-corrected chi connectivity index (χ3v) is 6.79. The Labute approximate surface area is 256 Å². The molecule has 0 spiro atoms. The van der Waals surface area contributed by atoms with Crippen molar-refractivity contribution in [3.8, 4) is 5.75 Å². The summed E-state index contributed by atoms with van der Waals surface area (Å²) in [7, 11) is 0. The van der Waals surface area contributed by atoms with E-state index in [-0.39, 0.29) is 37.5 Å². The average molecular weight is 613 g/mol. The highest BCUT2D eigenvalue weighted by Crippen LogP contribution is 2.12. The molecule has 0 aliphatic heterocycles. The normalized spacial score (nSPS) is 13.5. The molecular formula is C30H44N8O6. The first kappa shape index (κ1) is 35.5. The van der Waals surface area contributed by atoms with Gasteiger partial charge in [0.15, 0.2) is 5.96 Å². The largest absolute Gasteiger partial charge is 0.508 e. The highest BCUT2D eigenvalue weighted by Gasteiger charge is 2.30. The van der Waals surface area contributed by atoms with Crippen LogP contribution in [-0.4, -0.2) is 77.1 Å². The second-order valence-corrected chi connectivity index (χ2v) is 10.4. The molecule has 2 aromatic carbocycles. The zero-order chi connectivity index (χ0) is 32.5. The van der Waals surface area contributed by atoms with Gasteiger partial charge in [0.2, 0.25) is 17.7 Å². The van der Waals surface area contributed by atoms with E-state index in [1.807, 2.05) is 0 Å². The molecule has 0 aliphatic carbocycles. The highest BCUT2D eigenvalue weighted by atomic mass is 16.4. The molecule has 0 heterocycles. The summed E-state index contributed by atoms with van der Waals surface area (Å²) in [5.74, 6) is -3.28. The van der Waals surface area contributed by atoms with Crippen LogP contribution in [-0.2, 0) is 32.0 Å². The number of phenolic OH excluding ortho intramolecular Hbond substituents is 1. The van der Waals surface area contributed by atoms with Gasteiger partial charge in [0.05, 0.1) is 6.04 Å². The Balaban J connectivity index is 2.24. The third kappa shape index (κ3) is 13.1. The number of amides is 3. The molecule has 2 aromatic rings. The number of nitrogens with zero attached hydrogens (tertiary/aromatic N) is 1. The van der Waals surface area contributed by atoms with Crippen molar-refractivity contribution in [1.29, 1.82) is 0 Å². The van der Waals surface area contributed by atoms with Gasteiger partial charge in [-0.1, -0.05) is 48.9 Å². The van der Waals surface area contributed by atoms with Gasteiger partial charge in [-0.3, -0.25) is 19.4 Å². The molecule has 44 heavy (non-hydrogen) atoms. The zero-order valence-corrected chi connectivity index (χ0v) is 24.7. The van der Waals surface area contributed by atoms with Crippen LogP contribution in [0.4, 0.5) is 0 Å². The van der Waals surface area contributed by atoms with Crippen LogP contribution in [0.15, 0.2) is 59.6 Å². The molecule has 3 amide bonds. The maximum Gasteiger partial charge on any atom is 0.326 e. The minimum atomic E-state index is -1.32. The van der Waals surface area contributed by atoms with Crippen molar-refractivity contribution in [2.45, 2.75) is 69.1 Å². The fourth-order valence-electron chi connectivity index (χ4n) is 4.36. The molecule has 2 rings (SSSR count). The van der Waals surface area contributed by atoms with Crippen LogP contribution in [0.25, 0.3) is 0 Å². The van der Waals surface area contributed by atoms with Crippen molar-refractivity contribution < 1.29 is 29.4 Å². The first-order valence-corrected chi connectivity index (χ1v) is 14.5. The van der Waals surface area contributed by atoms with E-state index in [0.717, 1.165) is 0 Å². The van der Waals surface area contributed by atoms with Crippen molar-refractivity contribution in [1.82, 2.24) is 16.0 Å². The Hall–Kier alpha value is -4.69. The Morgan fingerprint density at radius 2 is 1.30 bits per heavy atom. The van der Waals surface area contributed by atoms with Gasteiger partial charge in [-0.15, -0.1) is 0 Å². The van der Waals surface area contributed by atoms with Gasteiger partial charge in [0.25, 0.3) is 0 Å². The van der Waals surface area contributed by atoms with E-state index in [1.54, 1.807) is 42.5 Å². The van der Waals surface area contributed by atoms with E-state index in [0.29, 0.717) is 43.4 Å². The number of carboxylic acids is 1. The Bertz CT molecular complexity index is 1240. The summed E-state index contributed by atoms with van der Waals surface area (Å²) in [4.78, 5) is 55.8. The summed E-state index contributed by atoms with van der Waals surface area (Å²) in [5, 5.41) is 27.2. The lowest BCUT2D eigenvalue weighted by Crippen LogP contribution is -2.57. The summed E-state index contributed by atoms with van der Waals surface area (Å²) >= 11 is 0. The fourth-order valence-corrected chi connectivity index (χ4v) is 4.36. The van der Waals surface area contributed by atoms with Gasteiger partial charge >= 0.3 is 5.97 Å². The van der Waals surface area contributed by atoms with Gasteiger partial charge in [-0.2, -0.15) is 0 Å². The number of guanidine groups is 1. The van der Waals surface area contributed by atoms with Gasteiger partial charge in [0.1, 0.15) is 23.9 Å². The van der Waals surface area contributed by atoms with Crippen molar-refractivity contribution >= 4 is 29.7 Å². The van der Waals surface area contributed by atoms with Gasteiger partial charge < -0.3 is 49.1 Å². The van der Waals surface area contributed by atoms with E-state index in [1.165, 1.54) is 12.1 Å². The number of carboxylic acid groups (broad SMARTS) is 1. The molecule has 0 fully saturated rings. The van der Waals surface area contributed by atoms with Crippen LogP contribution in [0.5, 0.6) is 5.75 Å². The van der Waals surface area contributed by atoms with Crippen LogP contribution < -0.4 is 38.9 Å². The minimum absolute atomic E-state index is 0.0201. The van der Waals surface area contributed by atoms with Gasteiger partial charge in [0, 0.05) is 19.4 Å². The van der Waals surface area contributed by atoms with Crippen LogP contribution >= 0.6 is 0 Å². The number of aliphatic imine (C=N–C) groups is 1. The standard InChI is InChI=1S/C30H44N8O6/c31-15-5-4-9-22(32)26(40)36-23(10-6-16-35-30(33)34)27(41)37-24(17-19-7-2-1-3-8-19)28(42)38-25(29(43)44)18-20-11-13-21(39)14-12-20/h1-3,7-8,11-14,22-25,39H,4-6,9-10,15-18,31-32H2,(H,36,40)(H,37,41)(H,38,42)(H,43,44)(H4,33,34,35). The first-order chi connectivity index (χ1) is 21.0. The molecule has 0 saturated carbocycles.